The molecule has 10 heteroatoms. The first kappa shape index (κ1) is 22.1. The van der Waals surface area contributed by atoms with Crippen molar-refractivity contribution in [3.63, 3.8) is 0 Å². The first-order valence-electron chi connectivity index (χ1n) is 9.55. The van der Waals surface area contributed by atoms with Crippen LogP contribution in [0.1, 0.15) is 29.8 Å². The largest absolute Gasteiger partial charge is 0.475 e. The Morgan fingerprint density at radius 3 is 2.73 bits per heavy atom. The minimum atomic E-state index is -4.07. The van der Waals surface area contributed by atoms with Crippen LogP contribution in [0.25, 0.3) is 0 Å². The zero-order valence-electron chi connectivity index (χ0n) is 16.8. The van der Waals surface area contributed by atoms with Crippen LogP contribution in [0.5, 0.6) is 5.88 Å². The van der Waals surface area contributed by atoms with Gasteiger partial charge in [0.2, 0.25) is 15.9 Å². The Morgan fingerprint density at radius 1 is 1.30 bits per heavy atom. The second kappa shape index (κ2) is 9.50. The molecule has 1 aliphatic rings. The SMILES string of the molecule is CC(C)Oc1ncccc1CNC(=O)c1ccc(F)c(S(=O)(=O)N2CCOCC2)c1. The topological polar surface area (TPSA) is 97.8 Å². The van der Waals surface area contributed by atoms with Crippen molar-refractivity contribution in [3.05, 3.63) is 53.5 Å². The third-order valence-electron chi connectivity index (χ3n) is 4.42. The molecule has 1 aromatic carbocycles. The van der Waals surface area contributed by atoms with Gasteiger partial charge in [-0.15, -0.1) is 0 Å². The number of halogens is 1. The molecule has 0 atom stereocenters. The van der Waals surface area contributed by atoms with Gasteiger partial charge < -0.3 is 14.8 Å². The molecular formula is C20H24FN3O5S. The number of aromatic nitrogens is 1. The van der Waals surface area contributed by atoms with Gasteiger partial charge in [-0.3, -0.25) is 4.79 Å². The molecule has 1 aromatic heterocycles. The van der Waals surface area contributed by atoms with E-state index in [4.69, 9.17) is 9.47 Å². The zero-order chi connectivity index (χ0) is 21.7. The number of carbonyl (C=O) groups excluding carboxylic acids is 1. The predicted octanol–water partition coefficient (Wildman–Crippen LogP) is 1.96. The molecule has 8 nitrogen and oxygen atoms in total. The number of pyridine rings is 1. The molecular weight excluding hydrogens is 413 g/mol. The van der Waals surface area contributed by atoms with Gasteiger partial charge in [0, 0.05) is 37.0 Å². The fourth-order valence-electron chi connectivity index (χ4n) is 2.93. The van der Waals surface area contributed by atoms with Gasteiger partial charge in [-0.1, -0.05) is 6.07 Å². The smallest absolute Gasteiger partial charge is 0.251 e. The molecule has 2 aromatic rings. The molecule has 0 spiro atoms. The third kappa shape index (κ3) is 5.13. The van der Waals surface area contributed by atoms with E-state index in [9.17, 15) is 17.6 Å². The summed E-state index contributed by atoms with van der Waals surface area (Å²) >= 11 is 0. The van der Waals surface area contributed by atoms with Gasteiger partial charge in [-0.2, -0.15) is 4.31 Å². The summed E-state index contributed by atoms with van der Waals surface area (Å²) in [5.74, 6) is -1.03. The number of carbonyl (C=O) groups is 1. The number of nitrogens with zero attached hydrogens (tertiary/aromatic N) is 2. The van der Waals surface area contributed by atoms with Crippen LogP contribution in [-0.2, 0) is 21.3 Å². The van der Waals surface area contributed by atoms with Gasteiger partial charge in [0.1, 0.15) is 10.7 Å². The molecule has 0 bridgehead atoms. The van der Waals surface area contributed by atoms with Crippen LogP contribution in [0, 0.1) is 5.82 Å². The first-order chi connectivity index (χ1) is 14.3. The van der Waals surface area contributed by atoms with Crippen molar-refractivity contribution >= 4 is 15.9 Å². The summed E-state index contributed by atoms with van der Waals surface area (Å²) in [7, 11) is -4.07. The van der Waals surface area contributed by atoms with Gasteiger partial charge in [0.05, 0.1) is 19.3 Å². The average Bonchev–Trinajstić information content (AvgIpc) is 2.73. The molecule has 1 N–H and O–H groups in total. The van der Waals surface area contributed by atoms with Gasteiger partial charge in [-0.25, -0.2) is 17.8 Å². The van der Waals surface area contributed by atoms with Crippen molar-refractivity contribution in [2.75, 3.05) is 26.3 Å². The Morgan fingerprint density at radius 2 is 2.03 bits per heavy atom. The summed E-state index contributed by atoms with van der Waals surface area (Å²) in [6.45, 7) is 4.62. The number of rotatable bonds is 7. The van der Waals surface area contributed by atoms with Gasteiger partial charge in [-0.05, 0) is 38.1 Å². The second-order valence-corrected chi connectivity index (χ2v) is 8.88. The van der Waals surface area contributed by atoms with Gasteiger partial charge >= 0.3 is 0 Å². The molecule has 162 valence electrons. The van der Waals surface area contributed by atoms with E-state index < -0.39 is 26.6 Å². The van der Waals surface area contributed by atoms with Crippen molar-refractivity contribution in [1.29, 1.82) is 0 Å². The van der Waals surface area contributed by atoms with E-state index in [2.05, 4.69) is 10.3 Å². The molecule has 3 rings (SSSR count). The van der Waals surface area contributed by atoms with Crippen LogP contribution in [0.15, 0.2) is 41.4 Å². The molecule has 1 saturated heterocycles. The summed E-state index contributed by atoms with van der Waals surface area (Å²) in [5, 5.41) is 2.70. The number of nitrogens with one attached hydrogen (secondary N) is 1. The van der Waals surface area contributed by atoms with E-state index in [1.807, 2.05) is 13.8 Å². The molecule has 0 saturated carbocycles. The summed E-state index contributed by atoms with van der Waals surface area (Å²) in [5.41, 5.74) is 0.710. The number of sulfonamides is 1. The maximum absolute atomic E-state index is 14.3. The van der Waals surface area contributed by atoms with Crippen LogP contribution >= 0.6 is 0 Å². The second-order valence-electron chi connectivity index (χ2n) is 6.98. The highest BCUT2D eigenvalue weighted by molar-refractivity contribution is 7.89. The van der Waals surface area contributed by atoms with E-state index in [0.29, 0.717) is 11.4 Å². The lowest BCUT2D eigenvalue weighted by molar-refractivity contribution is 0.0729. The predicted molar refractivity (Wildman–Crippen MR) is 107 cm³/mol. The number of hydrogen-bond donors (Lipinski definition) is 1. The highest BCUT2D eigenvalue weighted by Crippen LogP contribution is 2.22. The number of ether oxygens (including phenoxy) is 2. The highest BCUT2D eigenvalue weighted by atomic mass is 32.2. The minimum Gasteiger partial charge on any atom is -0.475 e. The molecule has 0 radical (unpaired) electrons. The summed E-state index contributed by atoms with van der Waals surface area (Å²) in [6.07, 6.45) is 1.51. The Kier molecular flexibility index (Phi) is 7.01. The molecule has 0 aliphatic carbocycles. The standard InChI is InChI=1S/C20H24FN3O5S/c1-14(2)29-20-16(4-3-7-22-20)13-23-19(25)15-5-6-17(21)18(12-15)30(26,27)24-8-10-28-11-9-24/h3-7,12,14H,8-11,13H2,1-2H3,(H,23,25). The minimum absolute atomic E-state index is 0.0402. The Hall–Kier alpha value is -2.56. The maximum Gasteiger partial charge on any atom is 0.251 e. The summed E-state index contributed by atoms with van der Waals surface area (Å²) in [6, 6.07) is 6.78. The molecule has 1 amide bonds. The number of hydrogen-bond acceptors (Lipinski definition) is 6. The van der Waals surface area contributed by atoms with Crippen molar-refractivity contribution in [3.8, 4) is 5.88 Å². The van der Waals surface area contributed by atoms with Crippen molar-refractivity contribution < 1.29 is 27.1 Å². The van der Waals surface area contributed by atoms with Crippen LogP contribution in [0.2, 0.25) is 0 Å². The molecule has 0 unspecified atom stereocenters. The van der Waals surface area contributed by atoms with E-state index in [1.165, 1.54) is 6.07 Å². The lowest BCUT2D eigenvalue weighted by atomic mass is 10.2. The monoisotopic (exact) mass is 437 g/mol. The van der Waals surface area contributed by atoms with E-state index >= 15 is 0 Å². The lowest BCUT2D eigenvalue weighted by Crippen LogP contribution is -2.41. The summed E-state index contributed by atoms with van der Waals surface area (Å²) in [4.78, 5) is 16.2. The summed E-state index contributed by atoms with van der Waals surface area (Å²) < 4.78 is 51.8. The van der Waals surface area contributed by atoms with Gasteiger partial charge in [0.25, 0.3) is 5.91 Å². The van der Waals surface area contributed by atoms with Crippen molar-refractivity contribution in [2.24, 2.45) is 0 Å². The number of amides is 1. The van der Waals surface area contributed by atoms with Crippen LogP contribution in [-0.4, -0.2) is 56.0 Å². The molecule has 1 fully saturated rings. The first-order valence-corrected chi connectivity index (χ1v) is 11.0. The van der Waals surface area contributed by atoms with E-state index in [1.54, 1.807) is 18.3 Å². The normalized spacial score (nSPS) is 15.2. The molecule has 30 heavy (non-hydrogen) atoms. The fourth-order valence-corrected chi connectivity index (χ4v) is 4.43. The molecule has 2 heterocycles. The van der Waals surface area contributed by atoms with Crippen LogP contribution in [0.3, 0.4) is 0 Å². The fraction of sp³-hybridized carbons (Fsp3) is 0.400. The average molecular weight is 437 g/mol. The Bertz CT molecular complexity index is 1010. The lowest BCUT2D eigenvalue weighted by Gasteiger charge is -2.26. The Balaban J connectivity index is 1.77. The third-order valence-corrected chi connectivity index (χ3v) is 6.33. The zero-order valence-corrected chi connectivity index (χ0v) is 17.6. The van der Waals surface area contributed by atoms with Crippen LogP contribution in [0.4, 0.5) is 4.39 Å². The number of benzene rings is 1. The highest BCUT2D eigenvalue weighted by Gasteiger charge is 2.29. The van der Waals surface area contributed by atoms with Crippen molar-refractivity contribution in [2.45, 2.75) is 31.4 Å². The van der Waals surface area contributed by atoms with Crippen LogP contribution < -0.4 is 10.1 Å². The van der Waals surface area contributed by atoms with Gasteiger partial charge in [0.15, 0.2) is 0 Å². The quantitative estimate of drug-likeness (QED) is 0.711. The van der Waals surface area contributed by atoms with Crippen molar-refractivity contribution in [1.82, 2.24) is 14.6 Å². The van der Waals surface area contributed by atoms with E-state index in [-0.39, 0.29) is 44.5 Å². The molecule has 1 aliphatic heterocycles. The van der Waals surface area contributed by atoms with E-state index in [0.717, 1.165) is 16.4 Å². The Labute approximate surface area is 175 Å². The maximum atomic E-state index is 14.3. The number of morpholine rings is 1.